The van der Waals surface area contributed by atoms with Gasteiger partial charge in [-0.25, -0.2) is 13.2 Å². The summed E-state index contributed by atoms with van der Waals surface area (Å²) in [5, 5.41) is 9.35. The molecular formula is C11H14ClNO4S. The second kappa shape index (κ2) is 5.58. The molecule has 0 heterocycles. The monoisotopic (exact) mass is 291 g/mol. The van der Waals surface area contributed by atoms with Crippen LogP contribution in [0.1, 0.15) is 10.4 Å². The summed E-state index contributed by atoms with van der Waals surface area (Å²) < 4.78 is 22.2. The molecule has 0 aliphatic carbocycles. The van der Waals surface area contributed by atoms with Crippen LogP contribution < -0.4 is 4.90 Å². The van der Waals surface area contributed by atoms with Crippen LogP contribution in [0.4, 0.5) is 5.69 Å². The molecule has 7 heteroatoms. The van der Waals surface area contributed by atoms with E-state index in [1.54, 1.807) is 19.2 Å². The zero-order chi connectivity index (χ0) is 13.9. The van der Waals surface area contributed by atoms with E-state index >= 15 is 0 Å². The van der Waals surface area contributed by atoms with Crippen LogP contribution >= 0.6 is 11.6 Å². The Morgan fingerprint density at radius 2 is 2.06 bits per heavy atom. The minimum absolute atomic E-state index is 0.0542. The number of halogens is 1. The Balaban J connectivity index is 3.04. The molecule has 0 unspecified atom stereocenters. The topological polar surface area (TPSA) is 74.7 Å². The molecule has 0 bridgehead atoms. The van der Waals surface area contributed by atoms with E-state index in [9.17, 15) is 13.2 Å². The molecule has 0 fully saturated rings. The number of carbonyl (C=O) groups is 1. The van der Waals surface area contributed by atoms with Crippen LogP contribution in [0.25, 0.3) is 0 Å². The molecule has 0 spiro atoms. The normalized spacial score (nSPS) is 11.3. The summed E-state index contributed by atoms with van der Waals surface area (Å²) in [6.45, 7) is 0.183. The average molecular weight is 292 g/mol. The Morgan fingerprint density at radius 3 is 2.56 bits per heavy atom. The summed E-state index contributed by atoms with van der Waals surface area (Å²) in [5.41, 5.74) is 0.383. The molecule has 0 aliphatic heterocycles. The molecular weight excluding hydrogens is 278 g/mol. The van der Waals surface area contributed by atoms with E-state index in [-0.39, 0.29) is 22.9 Å². The van der Waals surface area contributed by atoms with Crippen LogP contribution in [0.5, 0.6) is 0 Å². The van der Waals surface area contributed by atoms with Gasteiger partial charge >= 0.3 is 5.97 Å². The number of nitrogens with zero attached hydrogens (tertiary/aromatic N) is 1. The predicted molar refractivity (Wildman–Crippen MR) is 71.4 cm³/mol. The number of para-hydroxylation sites is 1. The van der Waals surface area contributed by atoms with Gasteiger partial charge in [0, 0.05) is 19.8 Å². The molecule has 100 valence electrons. The van der Waals surface area contributed by atoms with Crippen LogP contribution in [0, 0.1) is 0 Å². The van der Waals surface area contributed by atoms with Gasteiger partial charge in [-0.3, -0.25) is 0 Å². The minimum atomic E-state index is -3.11. The number of hydrogen-bond acceptors (Lipinski definition) is 4. The van der Waals surface area contributed by atoms with Crippen molar-refractivity contribution in [2.75, 3.05) is 30.5 Å². The van der Waals surface area contributed by atoms with Crippen LogP contribution in [0.3, 0.4) is 0 Å². The van der Waals surface area contributed by atoms with E-state index in [1.165, 1.54) is 11.0 Å². The first-order valence-electron chi connectivity index (χ1n) is 5.13. The van der Waals surface area contributed by atoms with Gasteiger partial charge in [-0.2, -0.15) is 0 Å². The number of sulfone groups is 1. The fourth-order valence-electron chi connectivity index (χ4n) is 1.49. The molecule has 1 rings (SSSR count). The van der Waals surface area contributed by atoms with Gasteiger partial charge in [-0.15, -0.1) is 0 Å². The highest BCUT2D eigenvalue weighted by molar-refractivity contribution is 7.90. The number of carboxylic acid groups (broad SMARTS) is 1. The lowest BCUT2D eigenvalue weighted by Gasteiger charge is -2.22. The highest BCUT2D eigenvalue weighted by Crippen LogP contribution is 2.29. The van der Waals surface area contributed by atoms with Crippen molar-refractivity contribution in [3.63, 3.8) is 0 Å². The maximum absolute atomic E-state index is 11.1. The highest BCUT2D eigenvalue weighted by Gasteiger charge is 2.17. The van der Waals surface area contributed by atoms with Crippen molar-refractivity contribution in [1.29, 1.82) is 0 Å². The van der Waals surface area contributed by atoms with Gasteiger partial charge in [-0.05, 0) is 12.1 Å². The number of anilines is 1. The molecule has 1 aromatic rings. The number of carboxylic acids is 1. The zero-order valence-corrected chi connectivity index (χ0v) is 11.6. The van der Waals surface area contributed by atoms with E-state index in [2.05, 4.69) is 0 Å². The summed E-state index contributed by atoms with van der Waals surface area (Å²) >= 11 is 5.96. The highest BCUT2D eigenvalue weighted by atomic mass is 35.5. The fraction of sp³-hybridized carbons (Fsp3) is 0.364. The fourth-order valence-corrected chi connectivity index (χ4v) is 2.41. The third-order valence-corrected chi connectivity index (χ3v) is 3.63. The van der Waals surface area contributed by atoms with Crippen molar-refractivity contribution in [3.05, 3.63) is 28.8 Å². The number of aromatic carboxylic acids is 1. The van der Waals surface area contributed by atoms with E-state index in [0.29, 0.717) is 5.69 Å². The molecule has 1 aromatic carbocycles. The molecule has 0 amide bonds. The number of benzene rings is 1. The molecule has 0 radical (unpaired) electrons. The lowest BCUT2D eigenvalue weighted by Crippen LogP contribution is -2.26. The quantitative estimate of drug-likeness (QED) is 0.890. The van der Waals surface area contributed by atoms with E-state index < -0.39 is 15.8 Å². The third-order valence-electron chi connectivity index (χ3n) is 2.40. The van der Waals surface area contributed by atoms with Crippen LogP contribution in [-0.4, -0.2) is 45.1 Å². The van der Waals surface area contributed by atoms with Gasteiger partial charge in [0.25, 0.3) is 0 Å². The molecule has 18 heavy (non-hydrogen) atoms. The molecule has 5 nitrogen and oxygen atoms in total. The molecule has 0 aromatic heterocycles. The maximum atomic E-state index is 11.1. The summed E-state index contributed by atoms with van der Waals surface area (Å²) in [6, 6.07) is 4.54. The Morgan fingerprint density at radius 1 is 1.44 bits per heavy atom. The summed E-state index contributed by atoms with van der Waals surface area (Å²) in [7, 11) is -1.50. The van der Waals surface area contributed by atoms with Crippen LogP contribution in [0.2, 0.25) is 5.02 Å². The van der Waals surface area contributed by atoms with Gasteiger partial charge in [0.2, 0.25) is 0 Å². The Hall–Kier alpha value is -1.27. The van der Waals surface area contributed by atoms with Gasteiger partial charge in [0.05, 0.1) is 22.0 Å². The Kier molecular flexibility index (Phi) is 4.59. The van der Waals surface area contributed by atoms with Crippen LogP contribution in [-0.2, 0) is 9.84 Å². The lowest BCUT2D eigenvalue weighted by atomic mass is 10.1. The summed E-state index contributed by atoms with van der Waals surface area (Å²) in [4.78, 5) is 12.6. The molecule has 0 saturated carbocycles. The predicted octanol–water partition coefficient (Wildman–Crippen LogP) is 1.52. The third kappa shape index (κ3) is 3.89. The first kappa shape index (κ1) is 14.8. The van der Waals surface area contributed by atoms with Gasteiger partial charge in [0.15, 0.2) is 0 Å². The SMILES string of the molecule is CN(CCS(C)(=O)=O)c1c(Cl)cccc1C(=O)O. The van der Waals surface area contributed by atoms with E-state index in [4.69, 9.17) is 16.7 Å². The number of rotatable bonds is 5. The first-order valence-corrected chi connectivity index (χ1v) is 7.57. The largest absolute Gasteiger partial charge is 0.478 e. The molecule has 0 atom stereocenters. The first-order chi connectivity index (χ1) is 8.22. The maximum Gasteiger partial charge on any atom is 0.337 e. The summed E-state index contributed by atoms with van der Waals surface area (Å²) in [6.07, 6.45) is 1.13. The minimum Gasteiger partial charge on any atom is -0.478 e. The Labute approximate surface area is 111 Å². The smallest absolute Gasteiger partial charge is 0.337 e. The van der Waals surface area contributed by atoms with Gasteiger partial charge in [0.1, 0.15) is 9.84 Å². The Bertz CT molecular complexity index is 556. The second-order valence-corrected chi connectivity index (χ2v) is 6.66. The zero-order valence-electron chi connectivity index (χ0n) is 10.1. The van der Waals surface area contributed by atoms with Crippen molar-refractivity contribution < 1.29 is 18.3 Å². The average Bonchev–Trinajstić information content (AvgIpc) is 2.24. The second-order valence-electron chi connectivity index (χ2n) is 3.99. The molecule has 1 N–H and O–H groups in total. The lowest BCUT2D eigenvalue weighted by molar-refractivity contribution is 0.0697. The number of hydrogen-bond donors (Lipinski definition) is 1. The van der Waals surface area contributed by atoms with E-state index in [1.807, 2.05) is 0 Å². The van der Waals surface area contributed by atoms with Gasteiger partial charge in [-0.1, -0.05) is 17.7 Å². The van der Waals surface area contributed by atoms with Crippen LogP contribution in [0.15, 0.2) is 18.2 Å². The van der Waals surface area contributed by atoms with E-state index in [0.717, 1.165) is 6.26 Å². The van der Waals surface area contributed by atoms with Crippen molar-refractivity contribution in [3.8, 4) is 0 Å². The van der Waals surface area contributed by atoms with Crippen molar-refractivity contribution in [1.82, 2.24) is 0 Å². The molecule has 0 aliphatic rings. The van der Waals surface area contributed by atoms with Gasteiger partial charge < -0.3 is 10.0 Å². The van der Waals surface area contributed by atoms with Crippen molar-refractivity contribution >= 4 is 33.1 Å². The van der Waals surface area contributed by atoms with Crippen molar-refractivity contribution in [2.24, 2.45) is 0 Å². The standard InChI is InChI=1S/C11H14ClNO4S/c1-13(6-7-18(2,16)17)10-8(11(14)15)4-3-5-9(10)12/h3-5H,6-7H2,1-2H3,(H,14,15). The molecule has 0 saturated heterocycles. The van der Waals surface area contributed by atoms with Crippen molar-refractivity contribution in [2.45, 2.75) is 0 Å². The summed E-state index contributed by atoms with van der Waals surface area (Å²) in [5.74, 6) is -1.16.